The van der Waals surface area contributed by atoms with E-state index in [0.29, 0.717) is 10.7 Å². The molecule has 1 aromatic heterocycles. The molecule has 1 amide bonds. The van der Waals surface area contributed by atoms with Crippen LogP contribution in [0.2, 0.25) is 5.02 Å². The van der Waals surface area contributed by atoms with Crippen LogP contribution in [0.1, 0.15) is 11.3 Å². The highest BCUT2D eigenvalue weighted by molar-refractivity contribution is 6.31. The van der Waals surface area contributed by atoms with Gasteiger partial charge >= 0.3 is 0 Å². The molecule has 0 radical (unpaired) electrons. The lowest BCUT2D eigenvalue weighted by Gasteiger charge is -2.05. The topological polar surface area (TPSA) is 55.1 Å². The van der Waals surface area contributed by atoms with Gasteiger partial charge in [-0.25, -0.2) is 8.78 Å². The van der Waals surface area contributed by atoms with E-state index in [1.165, 1.54) is 12.1 Å². The Morgan fingerprint density at radius 2 is 1.96 bits per heavy atom. The van der Waals surface area contributed by atoms with E-state index in [9.17, 15) is 13.6 Å². The van der Waals surface area contributed by atoms with Crippen LogP contribution in [-0.4, -0.2) is 11.1 Å². The van der Waals surface area contributed by atoms with E-state index in [1.807, 2.05) is 12.1 Å². The van der Waals surface area contributed by atoms with Gasteiger partial charge in [-0.05, 0) is 23.8 Å². The van der Waals surface area contributed by atoms with Gasteiger partial charge in [-0.3, -0.25) is 4.79 Å². The molecule has 0 saturated heterocycles. The van der Waals surface area contributed by atoms with Crippen LogP contribution < -0.4 is 5.32 Å². The molecule has 3 rings (SSSR count). The molecular weight excluding hydrogens is 350 g/mol. The van der Waals surface area contributed by atoms with Crippen molar-refractivity contribution in [1.82, 2.24) is 10.5 Å². The average molecular weight is 363 g/mol. The predicted octanol–water partition coefficient (Wildman–Crippen LogP) is 4.13. The highest BCUT2D eigenvalue weighted by Crippen LogP contribution is 2.24. The van der Waals surface area contributed by atoms with Gasteiger partial charge < -0.3 is 9.84 Å². The zero-order valence-electron chi connectivity index (χ0n) is 12.9. The molecule has 1 heterocycles. The number of aromatic nitrogens is 1. The van der Waals surface area contributed by atoms with Gasteiger partial charge in [0.25, 0.3) is 0 Å². The van der Waals surface area contributed by atoms with Crippen LogP contribution in [0.5, 0.6) is 0 Å². The van der Waals surface area contributed by atoms with Gasteiger partial charge in [0, 0.05) is 23.7 Å². The largest absolute Gasteiger partial charge is 0.356 e. The van der Waals surface area contributed by atoms with Crippen molar-refractivity contribution in [3.8, 4) is 11.3 Å². The van der Waals surface area contributed by atoms with Crippen molar-refractivity contribution in [3.05, 3.63) is 76.4 Å². The zero-order chi connectivity index (χ0) is 17.8. The molecule has 0 aliphatic rings. The SMILES string of the molecule is O=C(Cc1cc(-c2ccc(F)cc2F)on1)NCc1ccccc1Cl. The number of nitrogens with zero attached hydrogens (tertiary/aromatic N) is 1. The molecule has 128 valence electrons. The fourth-order valence-corrected chi connectivity index (χ4v) is 2.48. The lowest BCUT2D eigenvalue weighted by Crippen LogP contribution is -2.24. The van der Waals surface area contributed by atoms with Crippen LogP contribution in [0.25, 0.3) is 11.3 Å². The second-order valence-electron chi connectivity index (χ2n) is 5.35. The summed E-state index contributed by atoms with van der Waals surface area (Å²) in [4.78, 5) is 12.0. The Morgan fingerprint density at radius 1 is 1.16 bits per heavy atom. The van der Waals surface area contributed by atoms with Crippen LogP contribution >= 0.6 is 11.6 Å². The molecule has 0 bridgehead atoms. The number of amides is 1. The normalized spacial score (nSPS) is 10.7. The van der Waals surface area contributed by atoms with Crippen LogP contribution in [0.15, 0.2) is 53.1 Å². The Bertz CT molecular complexity index is 912. The molecule has 0 unspecified atom stereocenters. The molecule has 3 aromatic rings. The van der Waals surface area contributed by atoms with Crippen molar-refractivity contribution in [2.75, 3.05) is 0 Å². The maximum Gasteiger partial charge on any atom is 0.226 e. The molecule has 0 atom stereocenters. The van der Waals surface area contributed by atoms with E-state index in [4.69, 9.17) is 16.1 Å². The van der Waals surface area contributed by atoms with Crippen molar-refractivity contribution in [2.45, 2.75) is 13.0 Å². The number of benzene rings is 2. The Labute approximate surface area is 147 Å². The standard InChI is InChI=1S/C18H13ClF2N2O2/c19-15-4-2-1-3-11(15)10-22-18(24)9-13-8-17(25-23-13)14-6-5-12(20)7-16(14)21/h1-8H,9-10H2,(H,22,24). The lowest BCUT2D eigenvalue weighted by atomic mass is 10.1. The van der Waals surface area contributed by atoms with E-state index in [0.717, 1.165) is 17.7 Å². The molecule has 0 spiro atoms. The summed E-state index contributed by atoms with van der Waals surface area (Å²) in [6.45, 7) is 0.288. The Hall–Kier alpha value is -2.73. The molecule has 7 heteroatoms. The number of carbonyl (C=O) groups excluding carboxylic acids is 1. The van der Waals surface area contributed by atoms with E-state index < -0.39 is 11.6 Å². The van der Waals surface area contributed by atoms with E-state index in [1.54, 1.807) is 12.1 Å². The minimum atomic E-state index is -0.758. The van der Waals surface area contributed by atoms with Crippen LogP contribution in [0.4, 0.5) is 8.78 Å². The van der Waals surface area contributed by atoms with Gasteiger partial charge in [0.2, 0.25) is 5.91 Å². The summed E-state index contributed by atoms with van der Waals surface area (Å²) in [5.74, 6) is -1.59. The smallest absolute Gasteiger partial charge is 0.226 e. The number of halogens is 3. The molecule has 0 saturated carbocycles. The van der Waals surface area contributed by atoms with Crippen molar-refractivity contribution in [3.63, 3.8) is 0 Å². The minimum Gasteiger partial charge on any atom is -0.356 e. The number of hydrogen-bond acceptors (Lipinski definition) is 3. The molecule has 25 heavy (non-hydrogen) atoms. The van der Waals surface area contributed by atoms with E-state index in [-0.39, 0.29) is 30.2 Å². The zero-order valence-corrected chi connectivity index (χ0v) is 13.7. The summed E-state index contributed by atoms with van der Waals surface area (Å²) in [6.07, 6.45) is -0.0310. The third-order valence-electron chi connectivity index (χ3n) is 3.53. The summed E-state index contributed by atoms with van der Waals surface area (Å²) in [5.41, 5.74) is 1.22. The van der Waals surface area contributed by atoms with Crippen LogP contribution in [0.3, 0.4) is 0 Å². The van der Waals surface area contributed by atoms with Gasteiger partial charge in [-0.1, -0.05) is 35.0 Å². The highest BCUT2D eigenvalue weighted by Gasteiger charge is 2.14. The monoisotopic (exact) mass is 362 g/mol. The van der Waals surface area contributed by atoms with E-state index >= 15 is 0 Å². The molecule has 0 fully saturated rings. The molecule has 2 aromatic carbocycles. The third kappa shape index (κ3) is 4.22. The van der Waals surface area contributed by atoms with Gasteiger partial charge in [-0.15, -0.1) is 0 Å². The van der Waals surface area contributed by atoms with Crippen molar-refractivity contribution < 1.29 is 18.1 Å². The Kier molecular flexibility index (Phi) is 5.09. The van der Waals surface area contributed by atoms with Crippen molar-refractivity contribution >= 4 is 17.5 Å². The maximum absolute atomic E-state index is 13.7. The molecule has 0 aliphatic carbocycles. The number of carbonyl (C=O) groups is 1. The first kappa shape index (κ1) is 17.1. The lowest BCUT2D eigenvalue weighted by molar-refractivity contribution is -0.120. The van der Waals surface area contributed by atoms with Gasteiger partial charge in [0.05, 0.1) is 17.7 Å². The number of rotatable bonds is 5. The van der Waals surface area contributed by atoms with Crippen molar-refractivity contribution in [2.24, 2.45) is 0 Å². The quantitative estimate of drug-likeness (QED) is 0.742. The summed E-state index contributed by atoms with van der Waals surface area (Å²) in [7, 11) is 0. The fourth-order valence-electron chi connectivity index (χ4n) is 2.27. The molecule has 0 aliphatic heterocycles. The number of hydrogen-bond donors (Lipinski definition) is 1. The fraction of sp³-hybridized carbons (Fsp3) is 0.111. The first-order chi connectivity index (χ1) is 12.0. The first-order valence-electron chi connectivity index (χ1n) is 7.44. The Balaban J connectivity index is 1.63. The summed E-state index contributed by atoms with van der Waals surface area (Å²) < 4.78 is 31.7. The maximum atomic E-state index is 13.7. The predicted molar refractivity (Wildman–Crippen MR) is 88.9 cm³/mol. The van der Waals surface area contributed by atoms with Gasteiger partial charge in [0.15, 0.2) is 5.76 Å². The third-order valence-corrected chi connectivity index (χ3v) is 3.90. The van der Waals surface area contributed by atoms with Crippen LogP contribution in [-0.2, 0) is 17.8 Å². The summed E-state index contributed by atoms with van der Waals surface area (Å²) in [6, 6.07) is 11.8. The van der Waals surface area contributed by atoms with Crippen molar-refractivity contribution in [1.29, 1.82) is 0 Å². The van der Waals surface area contributed by atoms with Gasteiger partial charge in [-0.2, -0.15) is 0 Å². The van der Waals surface area contributed by atoms with E-state index in [2.05, 4.69) is 10.5 Å². The summed E-state index contributed by atoms with van der Waals surface area (Å²) >= 11 is 6.02. The van der Waals surface area contributed by atoms with Gasteiger partial charge in [0.1, 0.15) is 11.6 Å². The minimum absolute atomic E-state index is 0.0310. The first-order valence-corrected chi connectivity index (χ1v) is 7.82. The Morgan fingerprint density at radius 3 is 2.72 bits per heavy atom. The summed E-state index contributed by atoms with van der Waals surface area (Å²) in [5, 5.41) is 7.04. The molecule has 4 nitrogen and oxygen atoms in total. The number of nitrogens with one attached hydrogen (secondary N) is 1. The molecule has 1 N–H and O–H groups in total. The average Bonchev–Trinajstić information content (AvgIpc) is 3.02. The second kappa shape index (κ2) is 7.44. The van der Waals surface area contributed by atoms with Crippen LogP contribution in [0, 0.1) is 11.6 Å². The highest BCUT2D eigenvalue weighted by atomic mass is 35.5. The molecular formula is C18H13ClF2N2O2. The second-order valence-corrected chi connectivity index (χ2v) is 5.76.